The summed E-state index contributed by atoms with van der Waals surface area (Å²) in [5.41, 5.74) is 6.76. The minimum absolute atomic E-state index is 0.0637. The smallest absolute Gasteiger partial charge is 0.338 e. The van der Waals surface area contributed by atoms with Crippen LogP contribution in [0.2, 0.25) is 5.02 Å². The largest absolute Gasteiger partial charge is 0.452 e. The summed E-state index contributed by atoms with van der Waals surface area (Å²) >= 11 is 5.76. The van der Waals surface area contributed by atoms with Crippen molar-refractivity contribution >= 4 is 35.1 Å². The predicted octanol–water partition coefficient (Wildman–Crippen LogP) is 1.96. The van der Waals surface area contributed by atoms with Gasteiger partial charge in [0, 0.05) is 0 Å². The van der Waals surface area contributed by atoms with Crippen LogP contribution in [0, 0.1) is 0 Å². The average molecular weight is 347 g/mol. The third-order valence-corrected chi connectivity index (χ3v) is 3.40. The molecule has 7 heteroatoms. The molecule has 0 saturated carbocycles. The monoisotopic (exact) mass is 346 g/mol. The number of halogens is 1. The standard InChI is InChI=1S/C17H15ClN2O4/c18-13-7-6-12(9-14(13)19)17(23)24-10-16(22)20-15(21)8-11-4-2-1-3-5-11/h1-7,9H,8,10,19H2,(H,20,21,22). The lowest BCUT2D eigenvalue weighted by Gasteiger charge is -2.07. The Labute approximate surface area is 143 Å². The Morgan fingerprint density at radius 1 is 1.04 bits per heavy atom. The van der Waals surface area contributed by atoms with E-state index in [0.717, 1.165) is 5.56 Å². The Kier molecular flexibility index (Phi) is 5.92. The number of benzene rings is 2. The quantitative estimate of drug-likeness (QED) is 0.637. The zero-order valence-electron chi connectivity index (χ0n) is 12.6. The number of hydrogen-bond acceptors (Lipinski definition) is 5. The highest BCUT2D eigenvalue weighted by atomic mass is 35.5. The molecule has 0 heterocycles. The highest BCUT2D eigenvalue weighted by Crippen LogP contribution is 2.19. The van der Waals surface area contributed by atoms with E-state index in [9.17, 15) is 14.4 Å². The molecular formula is C17H15ClN2O4. The van der Waals surface area contributed by atoms with E-state index in [0.29, 0.717) is 5.02 Å². The minimum atomic E-state index is -0.732. The first-order valence-electron chi connectivity index (χ1n) is 7.04. The molecule has 2 amide bonds. The van der Waals surface area contributed by atoms with Crippen molar-refractivity contribution in [1.29, 1.82) is 0 Å². The maximum absolute atomic E-state index is 11.8. The zero-order chi connectivity index (χ0) is 17.5. The van der Waals surface area contributed by atoms with Gasteiger partial charge in [-0.05, 0) is 23.8 Å². The molecule has 0 aromatic heterocycles. The molecule has 0 bridgehead atoms. The normalized spacial score (nSPS) is 10.0. The van der Waals surface area contributed by atoms with E-state index in [1.54, 1.807) is 24.3 Å². The van der Waals surface area contributed by atoms with Crippen LogP contribution in [0.3, 0.4) is 0 Å². The van der Waals surface area contributed by atoms with Crippen LogP contribution >= 0.6 is 11.6 Å². The van der Waals surface area contributed by atoms with Gasteiger partial charge in [-0.15, -0.1) is 0 Å². The van der Waals surface area contributed by atoms with Crippen LogP contribution in [-0.2, 0) is 20.7 Å². The van der Waals surface area contributed by atoms with Gasteiger partial charge in [0.25, 0.3) is 5.91 Å². The first kappa shape index (κ1) is 17.5. The van der Waals surface area contributed by atoms with E-state index >= 15 is 0 Å². The molecule has 2 aromatic carbocycles. The number of anilines is 1. The van der Waals surface area contributed by atoms with Gasteiger partial charge in [0.05, 0.1) is 22.7 Å². The van der Waals surface area contributed by atoms with Gasteiger partial charge in [-0.25, -0.2) is 4.79 Å². The van der Waals surface area contributed by atoms with Gasteiger partial charge in [-0.2, -0.15) is 0 Å². The molecule has 0 radical (unpaired) electrons. The Morgan fingerprint density at radius 3 is 2.42 bits per heavy atom. The maximum atomic E-state index is 11.8. The molecule has 124 valence electrons. The van der Waals surface area contributed by atoms with E-state index in [1.807, 2.05) is 6.07 Å². The van der Waals surface area contributed by atoms with Crippen molar-refractivity contribution in [2.24, 2.45) is 0 Å². The summed E-state index contributed by atoms with van der Waals surface area (Å²) in [6, 6.07) is 13.2. The number of imide groups is 1. The molecule has 0 saturated heterocycles. The van der Waals surface area contributed by atoms with E-state index < -0.39 is 24.4 Å². The first-order valence-corrected chi connectivity index (χ1v) is 7.42. The van der Waals surface area contributed by atoms with Crippen LogP contribution < -0.4 is 11.1 Å². The zero-order valence-corrected chi connectivity index (χ0v) is 13.4. The van der Waals surface area contributed by atoms with Crippen LogP contribution in [0.25, 0.3) is 0 Å². The summed E-state index contributed by atoms with van der Waals surface area (Å²) in [5, 5.41) is 2.47. The number of hydrogen-bond donors (Lipinski definition) is 2. The van der Waals surface area contributed by atoms with Gasteiger partial charge >= 0.3 is 5.97 Å². The lowest BCUT2D eigenvalue weighted by atomic mass is 10.1. The molecule has 6 nitrogen and oxygen atoms in total. The molecule has 0 aliphatic rings. The molecular weight excluding hydrogens is 332 g/mol. The molecule has 0 spiro atoms. The van der Waals surface area contributed by atoms with Crippen molar-refractivity contribution < 1.29 is 19.1 Å². The molecule has 0 aliphatic carbocycles. The second-order valence-electron chi connectivity index (χ2n) is 4.95. The second-order valence-corrected chi connectivity index (χ2v) is 5.35. The Balaban J connectivity index is 1.81. The third kappa shape index (κ3) is 5.10. The van der Waals surface area contributed by atoms with Crippen molar-refractivity contribution in [3.63, 3.8) is 0 Å². The third-order valence-electron chi connectivity index (χ3n) is 3.05. The SMILES string of the molecule is Nc1cc(C(=O)OCC(=O)NC(=O)Cc2ccccc2)ccc1Cl. The molecule has 0 atom stereocenters. The number of nitrogens with one attached hydrogen (secondary N) is 1. The number of carbonyl (C=O) groups excluding carboxylic acids is 3. The fraction of sp³-hybridized carbons (Fsp3) is 0.118. The number of nitrogens with two attached hydrogens (primary N) is 1. The van der Waals surface area contributed by atoms with Gasteiger partial charge in [0.1, 0.15) is 0 Å². The van der Waals surface area contributed by atoms with Gasteiger partial charge < -0.3 is 10.5 Å². The average Bonchev–Trinajstić information content (AvgIpc) is 2.56. The van der Waals surface area contributed by atoms with Crippen LogP contribution in [0.1, 0.15) is 15.9 Å². The van der Waals surface area contributed by atoms with Crippen molar-refractivity contribution in [2.45, 2.75) is 6.42 Å². The van der Waals surface area contributed by atoms with Crippen LogP contribution in [0.5, 0.6) is 0 Å². The number of ether oxygens (including phenoxy) is 1. The number of amides is 2. The molecule has 24 heavy (non-hydrogen) atoms. The Morgan fingerprint density at radius 2 is 1.75 bits per heavy atom. The fourth-order valence-corrected chi connectivity index (χ4v) is 2.02. The van der Waals surface area contributed by atoms with Crippen molar-refractivity contribution in [1.82, 2.24) is 5.32 Å². The number of esters is 1. The summed E-state index contributed by atoms with van der Waals surface area (Å²) in [6.45, 7) is -0.568. The number of rotatable bonds is 5. The van der Waals surface area contributed by atoms with Crippen molar-refractivity contribution in [2.75, 3.05) is 12.3 Å². The van der Waals surface area contributed by atoms with E-state index in [4.69, 9.17) is 22.1 Å². The highest BCUT2D eigenvalue weighted by molar-refractivity contribution is 6.33. The van der Waals surface area contributed by atoms with Crippen LogP contribution in [0.15, 0.2) is 48.5 Å². The van der Waals surface area contributed by atoms with Gasteiger partial charge in [-0.3, -0.25) is 14.9 Å². The van der Waals surface area contributed by atoms with Crippen LogP contribution in [0.4, 0.5) is 5.69 Å². The predicted molar refractivity (Wildman–Crippen MR) is 89.4 cm³/mol. The first-order chi connectivity index (χ1) is 11.5. The second kappa shape index (κ2) is 8.12. The minimum Gasteiger partial charge on any atom is -0.452 e. The Bertz CT molecular complexity index is 762. The highest BCUT2D eigenvalue weighted by Gasteiger charge is 2.13. The number of nitrogen functional groups attached to an aromatic ring is 1. The lowest BCUT2D eigenvalue weighted by Crippen LogP contribution is -2.35. The fourth-order valence-electron chi connectivity index (χ4n) is 1.90. The molecule has 0 aliphatic heterocycles. The molecule has 0 fully saturated rings. The lowest BCUT2D eigenvalue weighted by molar-refractivity contribution is -0.132. The van der Waals surface area contributed by atoms with Crippen LogP contribution in [-0.4, -0.2) is 24.4 Å². The molecule has 2 aromatic rings. The van der Waals surface area contributed by atoms with Crippen molar-refractivity contribution in [3.05, 3.63) is 64.7 Å². The van der Waals surface area contributed by atoms with Gasteiger partial charge in [0.2, 0.25) is 5.91 Å². The molecule has 0 unspecified atom stereocenters. The van der Waals surface area contributed by atoms with E-state index in [1.165, 1.54) is 18.2 Å². The van der Waals surface area contributed by atoms with E-state index in [2.05, 4.69) is 5.32 Å². The summed E-state index contributed by atoms with van der Waals surface area (Å²) < 4.78 is 4.83. The summed E-state index contributed by atoms with van der Waals surface area (Å²) in [6.07, 6.45) is 0.0637. The van der Waals surface area contributed by atoms with Gasteiger partial charge in [0.15, 0.2) is 6.61 Å². The van der Waals surface area contributed by atoms with Crippen molar-refractivity contribution in [3.8, 4) is 0 Å². The molecule has 2 rings (SSSR count). The molecule has 3 N–H and O–H groups in total. The maximum Gasteiger partial charge on any atom is 0.338 e. The summed E-state index contributed by atoms with van der Waals surface area (Å²) in [5.74, 6) is -1.91. The van der Waals surface area contributed by atoms with Gasteiger partial charge in [-0.1, -0.05) is 41.9 Å². The number of carbonyl (C=O) groups is 3. The summed E-state index contributed by atoms with van der Waals surface area (Å²) in [4.78, 5) is 35.2. The Hall–Kier alpha value is -2.86. The van der Waals surface area contributed by atoms with E-state index in [-0.39, 0.29) is 17.7 Å². The summed E-state index contributed by atoms with van der Waals surface area (Å²) in [7, 11) is 0. The topological polar surface area (TPSA) is 98.5 Å².